The summed E-state index contributed by atoms with van der Waals surface area (Å²) in [6.07, 6.45) is 3.44. The molecule has 0 aliphatic carbocycles. The minimum atomic E-state index is 0.01000. The molecule has 3 rings (SSSR count). The Morgan fingerprint density at radius 1 is 1.26 bits per heavy atom. The molecule has 140 valence electrons. The van der Waals surface area contributed by atoms with Crippen LogP contribution in [0, 0.1) is 20.8 Å². The number of methoxy groups -OCH3 is 1. The second-order valence-electron chi connectivity index (χ2n) is 6.32. The van der Waals surface area contributed by atoms with Crippen molar-refractivity contribution >= 4 is 34.8 Å². The van der Waals surface area contributed by atoms with Crippen LogP contribution in [0.4, 0.5) is 0 Å². The number of carbonyl (C=O) groups excluding carboxylic acids is 1. The van der Waals surface area contributed by atoms with Crippen LogP contribution in [0.15, 0.2) is 36.4 Å². The summed E-state index contributed by atoms with van der Waals surface area (Å²) in [4.78, 5) is 14.2. The minimum Gasteiger partial charge on any atom is -0.496 e. The lowest BCUT2D eigenvalue weighted by Gasteiger charge is -2.11. The van der Waals surface area contributed by atoms with E-state index in [4.69, 9.17) is 16.3 Å². The summed E-state index contributed by atoms with van der Waals surface area (Å²) < 4.78 is 7.35. The van der Waals surface area contributed by atoms with Crippen molar-refractivity contribution in [3.05, 3.63) is 73.7 Å². The fourth-order valence-electron chi connectivity index (χ4n) is 2.84. The van der Waals surface area contributed by atoms with Gasteiger partial charge in [0.2, 0.25) is 0 Å². The van der Waals surface area contributed by atoms with Gasteiger partial charge in [-0.15, -0.1) is 11.3 Å². The highest BCUT2D eigenvalue weighted by atomic mass is 35.5. The van der Waals surface area contributed by atoms with Gasteiger partial charge in [0.05, 0.1) is 34.9 Å². The van der Waals surface area contributed by atoms with E-state index in [0.29, 0.717) is 11.6 Å². The van der Waals surface area contributed by atoms with Gasteiger partial charge in [0.25, 0.3) is 0 Å². The number of ketones is 1. The van der Waals surface area contributed by atoms with Crippen molar-refractivity contribution in [2.45, 2.75) is 27.3 Å². The average Bonchev–Trinajstić information content (AvgIpc) is 3.19. The average molecular weight is 401 g/mol. The van der Waals surface area contributed by atoms with E-state index in [-0.39, 0.29) is 5.78 Å². The number of aryl methyl sites for hydroxylation is 2. The van der Waals surface area contributed by atoms with Gasteiger partial charge in [-0.3, -0.25) is 9.48 Å². The van der Waals surface area contributed by atoms with E-state index in [1.807, 2.05) is 61.9 Å². The lowest BCUT2D eigenvalue weighted by molar-refractivity contribution is 0.105. The number of nitrogens with zero attached hydrogens (tertiary/aromatic N) is 2. The summed E-state index contributed by atoms with van der Waals surface area (Å²) in [5, 5.41) is 5.17. The number of thiophene rings is 1. The molecule has 0 bridgehead atoms. The highest BCUT2D eigenvalue weighted by Crippen LogP contribution is 2.25. The number of allylic oxidation sites excluding steroid dienone is 1. The van der Waals surface area contributed by atoms with Gasteiger partial charge in [-0.05, 0) is 56.7 Å². The summed E-state index contributed by atoms with van der Waals surface area (Å²) in [6.45, 7) is 6.37. The molecule has 4 nitrogen and oxygen atoms in total. The fraction of sp³-hybridized carbons (Fsp3) is 0.238. The predicted octanol–water partition coefficient (Wildman–Crippen LogP) is 5.48. The molecule has 0 aliphatic rings. The summed E-state index contributed by atoms with van der Waals surface area (Å²) in [7, 11) is 1.64. The molecule has 0 unspecified atom stereocenters. The monoisotopic (exact) mass is 400 g/mol. The lowest BCUT2D eigenvalue weighted by atomic mass is 10.1. The van der Waals surface area contributed by atoms with Crippen LogP contribution in [0.3, 0.4) is 0 Å². The van der Waals surface area contributed by atoms with Gasteiger partial charge in [0.15, 0.2) is 5.78 Å². The maximum Gasteiger partial charge on any atom is 0.195 e. The summed E-state index contributed by atoms with van der Waals surface area (Å²) in [5.74, 6) is 0.784. The Balaban J connectivity index is 1.85. The Morgan fingerprint density at radius 3 is 2.63 bits per heavy atom. The van der Waals surface area contributed by atoms with E-state index in [0.717, 1.165) is 38.0 Å². The molecule has 0 N–H and O–H groups in total. The van der Waals surface area contributed by atoms with Crippen molar-refractivity contribution in [3.8, 4) is 5.75 Å². The first-order valence-electron chi connectivity index (χ1n) is 8.54. The molecule has 0 radical (unpaired) electrons. The van der Waals surface area contributed by atoms with E-state index in [1.54, 1.807) is 13.2 Å². The van der Waals surface area contributed by atoms with Crippen molar-refractivity contribution in [1.29, 1.82) is 0 Å². The van der Waals surface area contributed by atoms with Crippen molar-refractivity contribution in [2.75, 3.05) is 7.11 Å². The molecule has 0 saturated carbocycles. The first-order chi connectivity index (χ1) is 12.9. The largest absolute Gasteiger partial charge is 0.496 e. The van der Waals surface area contributed by atoms with E-state index >= 15 is 0 Å². The number of halogens is 1. The maximum atomic E-state index is 12.3. The third-order valence-electron chi connectivity index (χ3n) is 4.33. The third kappa shape index (κ3) is 4.31. The van der Waals surface area contributed by atoms with Crippen molar-refractivity contribution < 1.29 is 9.53 Å². The van der Waals surface area contributed by atoms with Crippen LogP contribution in [0.5, 0.6) is 5.75 Å². The van der Waals surface area contributed by atoms with Crippen LogP contribution in [0.1, 0.15) is 37.1 Å². The summed E-state index contributed by atoms with van der Waals surface area (Å²) in [6, 6.07) is 9.66. The molecular weight excluding hydrogens is 380 g/mol. The van der Waals surface area contributed by atoms with E-state index in [2.05, 4.69) is 5.10 Å². The zero-order valence-electron chi connectivity index (χ0n) is 15.7. The van der Waals surface area contributed by atoms with Gasteiger partial charge in [0.1, 0.15) is 5.75 Å². The van der Waals surface area contributed by atoms with Gasteiger partial charge in [-0.2, -0.15) is 5.10 Å². The molecule has 27 heavy (non-hydrogen) atoms. The Hall–Kier alpha value is -2.37. The normalized spacial score (nSPS) is 11.3. The first-order valence-corrected chi connectivity index (χ1v) is 9.73. The highest BCUT2D eigenvalue weighted by molar-refractivity contribution is 7.14. The number of rotatable bonds is 6. The zero-order chi connectivity index (χ0) is 19.6. The van der Waals surface area contributed by atoms with Crippen LogP contribution in [-0.4, -0.2) is 22.7 Å². The molecule has 1 aromatic carbocycles. The Kier molecular flexibility index (Phi) is 5.82. The predicted molar refractivity (Wildman–Crippen MR) is 111 cm³/mol. The summed E-state index contributed by atoms with van der Waals surface area (Å²) >= 11 is 7.75. The van der Waals surface area contributed by atoms with Crippen molar-refractivity contribution in [1.82, 2.24) is 9.78 Å². The number of aromatic nitrogens is 2. The fourth-order valence-corrected chi connectivity index (χ4v) is 3.76. The Labute approximate surface area is 168 Å². The number of hydrogen-bond donors (Lipinski definition) is 0. The molecule has 3 aromatic rings. The van der Waals surface area contributed by atoms with Gasteiger partial charge in [-0.1, -0.05) is 23.7 Å². The van der Waals surface area contributed by atoms with Gasteiger partial charge < -0.3 is 4.74 Å². The molecular formula is C21H21ClN2O2S. The molecule has 0 fully saturated rings. The molecule has 0 aliphatic heterocycles. The van der Waals surface area contributed by atoms with E-state index < -0.39 is 0 Å². The molecule has 0 amide bonds. The topological polar surface area (TPSA) is 44.1 Å². The van der Waals surface area contributed by atoms with Crippen LogP contribution in [0.25, 0.3) is 6.08 Å². The minimum absolute atomic E-state index is 0.01000. The maximum absolute atomic E-state index is 12.3. The quantitative estimate of drug-likeness (QED) is 0.406. The van der Waals surface area contributed by atoms with Crippen LogP contribution >= 0.6 is 22.9 Å². The van der Waals surface area contributed by atoms with E-state index in [1.165, 1.54) is 11.3 Å². The van der Waals surface area contributed by atoms with Gasteiger partial charge >= 0.3 is 0 Å². The SMILES string of the molecule is COc1ccc(/C=C/C(=O)c2ccc(C)s2)cc1Cn1nc(C)c(Cl)c1C. The van der Waals surface area contributed by atoms with Crippen molar-refractivity contribution in [2.24, 2.45) is 0 Å². The highest BCUT2D eigenvalue weighted by Gasteiger charge is 2.12. The molecule has 0 saturated heterocycles. The number of ether oxygens (including phenoxy) is 1. The number of benzene rings is 1. The molecule has 0 spiro atoms. The number of carbonyl (C=O) groups is 1. The second kappa shape index (κ2) is 8.11. The van der Waals surface area contributed by atoms with Gasteiger partial charge in [-0.25, -0.2) is 0 Å². The Bertz CT molecular complexity index is 1020. The van der Waals surface area contributed by atoms with E-state index in [9.17, 15) is 4.79 Å². The second-order valence-corrected chi connectivity index (χ2v) is 7.99. The molecule has 0 atom stereocenters. The Morgan fingerprint density at radius 2 is 2.04 bits per heavy atom. The first kappa shape index (κ1) is 19.4. The third-order valence-corrected chi connectivity index (χ3v) is 5.89. The van der Waals surface area contributed by atoms with Crippen LogP contribution in [0.2, 0.25) is 5.02 Å². The standard InChI is InChI=1S/C21H21ClN2O2S/c1-13-5-10-20(27-13)18(25)8-6-16-7-9-19(26-4)17(11-16)12-24-15(3)21(22)14(2)23-24/h5-11H,12H2,1-4H3/b8-6+. The van der Waals surface area contributed by atoms with Crippen molar-refractivity contribution in [3.63, 3.8) is 0 Å². The van der Waals surface area contributed by atoms with Gasteiger partial charge in [0, 0.05) is 10.4 Å². The smallest absolute Gasteiger partial charge is 0.195 e. The molecule has 6 heteroatoms. The van der Waals surface area contributed by atoms with Crippen LogP contribution < -0.4 is 4.74 Å². The number of hydrogen-bond acceptors (Lipinski definition) is 4. The summed E-state index contributed by atoms with van der Waals surface area (Å²) in [5.41, 5.74) is 3.63. The lowest BCUT2D eigenvalue weighted by Crippen LogP contribution is -2.06. The zero-order valence-corrected chi connectivity index (χ0v) is 17.3. The molecule has 2 aromatic heterocycles. The molecule has 2 heterocycles. The van der Waals surface area contributed by atoms with Crippen LogP contribution in [-0.2, 0) is 6.54 Å².